The molecule has 1 aromatic carbocycles. The monoisotopic (exact) mass is 360 g/mol. The van der Waals surface area contributed by atoms with Gasteiger partial charge in [-0.1, -0.05) is 17.2 Å². The standard InChI is InChI=1S/C16H16N4O6/c1-24-9-14(21)18-5-4-15(22)25-8-10-6-16(23)26-13-7-11(19-20-17)2-3-12(10)13/h2-3,6-7H,4-5,8-9H2,1H3,(H,18,21). The predicted molar refractivity (Wildman–Crippen MR) is 90.6 cm³/mol. The van der Waals surface area contributed by atoms with Crippen LogP contribution in [-0.2, 0) is 25.7 Å². The van der Waals surface area contributed by atoms with Gasteiger partial charge in [-0.2, -0.15) is 0 Å². The second-order valence-electron chi connectivity index (χ2n) is 5.15. The number of azide groups is 1. The molecule has 0 bridgehead atoms. The number of nitrogens with one attached hydrogen (secondary N) is 1. The lowest BCUT2D eigenvalue weighted by molar-refractivity contribution is -0.144. The van der Waals surface area contributed by atoms with Gasteiger partial charge in [-0.25, -0.2) is 4.79 Å². The maximum Gasteiger partial charge on any atom is 0.336 e. The van der Waals surface area contributed by atoms with Crippen LogP contribution in [0.5, 0.6) is 0 Å². The van der Waals surface area contributed by atoms with E-state index in [0.717, 1.165) is 0 Å². The molecule has 1 heterocycles. The zero-order valence-corrected chi connectivity index (χ0v) is 13.9. The van der Waals surface area contributed by atoms with Gasteiger partial charge in [0, 0.05) is 41.3 Å². The van der Waals surface area contributed by atoms with Gasteiger partial charge >= 0.3 is 11.6 Å². The van der Waals surface area contributed by atoms with Gasteiger partial charge in [-0.05, 0) is 11.6 Å². The molecule has 0 atom stereocenters. The van der Waals surface area contributed by atoms with Crippen molar-refractivity contribution in [3.05, 3.63) is 50.7 Å². The lowest BCUT2D eigenvalue weighted by Gasteiger charge is -2.08. The van der Waals surface area contributed by atoms with Crippen LogP contribution in [0.1, 0.15) is 12.0 Å². The summed E-state index contributed by atoms with van der Waals surface area (Å²) in [6.07, 6.45) is -0.0180. The molecule has 136 valence electrons. The number of amides is 1. The van der Waals surface area contributed by atoms with E-state index in [0.29, 0.717) is 16.6 Å². The fourth-order valence-corrected chi connectivity index (χ4v) is 2.17. The minimum Gasteiger partial charge on any atom is -0.461 e. The summed E-state index contributed by atoms with van der Waals surface area (Å²) in [6.45, 7) is -0.0965. The van der Waals surface area contributed by atoms with Crippen molar-refractivity contribution < 1.29 is 23.5 Å². The molecule has 2 aromatic rings. The van der Waals surface area contributed by atoms with E-state index >= 15 is 0 Å². The summed E-state index contributed by atoms with van der Waals surface area (Å²) in [6, 6.07) is 5.81. The fraction of sp³-hybridized carbons (Fsp3) is 0.312. The van der Waals surface area contributed by atoms with Crippen LogP contribution >= 0.6 is 0 Å². The number of hydrogen-bond donors (Lipinski definition) is 1. The van der Waals surface area contributed by atoms with Crippen molar-refractivity contribution in [1.82, 2.24) is 5.32 Å². The molecule has 0 aliphatic rings. The molecule has 1 aromatic heterocycles. The van der Waals surface area contributed by atoms with E-state index in [1.807, 2.05) is 0 Å². The van der Waals surface area contributed by atoms with Crippen LogP contribution < -0.4 is 10.9 Å². The van der Waals surface area contributed by atoms with Gasteiger partial charge in [0.2, 0.25) is 5.91 Å². The lowest BCUT2D eigenvalue weighted by atomic mass is 10.1. The third-order valence-corrected chi connectivity index (χ3v) is 3.29. The minimum atomic E-state index is -0.617. The Bertz CT molecular complexity index is 917. The highest BCUT2D eigenvalue weighted by atomic mass is 16.5. The molecule has 0 spiro atoms. The third kappa shape index (κ3) is 5.33. The number of carbonyl (C=O) groups excluding carboxylic acids is 2. The van der Waals surface area contributed by atoms with Crippen LogP contribution in [-0.4, -0.2) is 32.1 Å². The van der Waals surface area contributed by atoms with Crippen LogP contribution in [0.3, 0.4) is 0 Å². The van der Waals surface area contributed by atoms with Crippen molar-refractivity contribution in [3.63, 3.8) is 0 Å². The molecule has 0 aliphatic carbocycles. The van der Waals surface area contributed by atoms with Crippen molar-refractivity contribution in [3.8, 4) is 0 Å². The van der Waals surface area contributed by atoms with Crippen LogP contribution in [0.25, 0.3) is 21.4 Å². The molecule has 1 N–H and O–H groups in total. The van der Waals surface area contributed by atoms with Gasteiger partial charge in [0.1, 0.15) is 18.8 Å². The quantitative estimate of drug-likeness (QED) is 0.250. The largest absolute Gasteiger partial charge is 0.461 e. The Morgan fingerprint density at radius 2 is 2.15 bits per heavy atom. The Morgan fingerprint density at radius 3 is 2.88 bits per heavy atom. The predicted octanol–water partition coefficient (Wildman–Crippen LogP) is 1.93. The highest BCUT2D eigenvalue weighted by Gasteiger charge is 2.10. The van der Waals surface area contributed by atoms with E-state index in [1.165, 1.54) is 19.2 Å². The molecule has 10 nitrogen and oxygen atoms in total. The highest BCUT2D eigenvalue weighted by molar-refractivity contribution is 5.83. The first-order valence-electron chi connectivity index (χ1n) is 7.56. The van der Waals surface area contributed by atoms with Crippen molar-refractivity contribution in [2.75, 3.05) is 20.3 Å². The van der Waals surface area contributed by atoms with Crippen LogP contribution in [0.15, 0.2) is 38.6 Å². The van der Waals surface area contributed by atoms with E-state index in [1.54, 1.807) is 12.1 Å². The van der Waals surface area contributed by atoms with E-state index < -0.39 is 11.6 Å². The molecule has 0 saturated heterocycles. The molecule has 0 unspecified atom stereocenters. The average Bonchev–Trinajstić information content (AvgIpc) is 2.59. The van der Waals surface area contributed by atoms with Crippen LogP contribution in [0.4, 0.5) is 5.69 Å². The Hall–Kier alpha value is -3.36. The zero-order chi connectivity index (χ0) is 18.9. The smallest absolute Gasteiger partial charge is 0.336 e. The first-order valence-corrected chi connectivity index (χ1v) is 7.56. The number of ether oxygens (including phenoxy) is 2. The SMILES string of the molecule is COCC(=O)NCCC(=O)OCc1cc(=O)oc2cc(N=[N+]=[N-])ccc12. The first-order chi connectivity index (χ1) is 12.5. The fourth-order valence-electron chi connectivity index (χ4n) is 2.17. The van der Waals surface area contributed by atoms with Gasteiger partial charge < -0.3 is 19.2 Å². The van der Waals surface area contributed by atoms with Gasteiger partial charge in [-0.3, -0.25) is 9.59 Å². The van der Waals surface area contributed by atoms with Crippen molar-refractivity contribution >= 4 is 28.5 Å². The summed E-state index contributed by atoms with van der Waals surface area (Å²) >= 11 is 0. The number of carbonyl (C=O) groups is 2. The number of rotatable bonds is 8. The summed E-state index contributed by atoms with van der Waals surface area (Å²) < 4.78 is 14.8. The van der Waals surface area contributed by atoms with Gasteiger partial charge in [0.25, 0.3) is 0 Å². The number of benzene rings is 1. The first kappa shape index (κ1) is 19.0. The summed E-state index contributed by atoms with van der Waals surface area (Å²) in [4.78, 5) is 37.3. The summed E-state index contributed by atoms with van der Waals surface area (Å²) in [7, 11) is 1.39. The summed E-state index contributed by atoms with van der Waals surface area (Å²) in [5.41, 5.74) is 8.82. The molecule has 0 radical (unpaired) electrons. The second kappa shape index (κ2) is 9.21. The zero-order valence-electron chi connectivity index (χ0n) is 13.9. The summed E-state index contributed by atoms with van der Waals surface area (Å²) in [5.74, 6) is -0.863. The van der Waals surface area contributed by atoms with Gasteiger partial charge in [0.05, 0.1) is 6.42 Å². The van der Waals surface area contributed by atoms with E-state index in [2.05, 4.69) is 20.1 Å². The normalized spacial score (nSPS) is 10.2. The summed E-state index contributed by atoms with van der Waals surface area (Å²) in [5, 5.41) is 6.50. The van der Waals surface area contributed by atoms with Crippen molar-refractivity contribution in [1.29, 1.82) is 0 Å². The molecule has 0 aliphatic heterocycles. The molecule has 10 heteroatoms. The topological polar surface area (TPSA) is 144 Å². The Balaban J connectivity index is 2.01. The Kier molecular flexibility index (Phi) is 6.72. The molecule has 26 heavy (non-hydrogen) atoms. The van der Waals surface area contributed by atoms with E-state index in [9.17, 15) is 14.4 Å². The number of nitrogens with zero attached hydrogens (tertiary/aromatic N) is 3. The van der Waals surface area contributed by atoms with Crippen LogP contribution in [0.2, 0.25) is 0 Å². The average molecular weight is 360 g/mol. The van der Waals surface area contributed by atoms with E-state index in [4.69, 9.17) is 14.7 Å². The second-order valence-corrected chi connectivity index (χ2v) is 5.15. The molecule has 0 saturated carbocycles. The molecule has 0 fully saturated rings. The molecular weight excluding hydrogens is 344 g/mol. The molecule has 2 rings (SSSR count). The van der Waals surface area contributed by atoms with Crippen molar-refractivity contribution in [2.45, 2.75) is 13.0 Å². The van der Waals surface area contributed by atoms with Gasteiger partial charge in [0.15, 0.2) is 0 Å². The highest BCUT2D eigenvalue weighted by Crippen LogP contribution is 2.23. The Morgan fingerprint density at radius 1 is 1.35 bits per heavy atom. The number of hydrogen-bond acceptors (Lipinski definition) is 7. The number of methoxy groups -OCH3 is 1. The third-order valence-electron chi connectivity index (χ3n) is 3.29. The van der Waals surface area contributed by atoms with Gasteiger partial charge in [-0.15, -0.1) is 0 Å². The maximum absolute atomic E-state index is 11.8. The Labute approximate surface area is 147 Å². The van der Waals surface area contributed by atoms with Crippen LogP contribution in [0, 0.1) is 0 Å². The number of esters is 1. The number of fused-ring (bicyclic) bond motifs is 1. The van der Waals surface area contributed by atoms with Crippen molar-refractivity contribution in [2.24, 2.45) is 5.11 Å². The van der Waals surface area contributed by atoms with E-state index in [-0.39, 0.29) is 37.7 Å². The molecular formula is C16H16N4O6. The molecule has 1 amide bonds. The minimum absolute atomic E-state index is 0.0180. The maximum atomic E-state index is 11.8. The lowest BCUT2D eigenvalue weighted by Crippen LogP contribution is -2.29.